The van der Waals surface area contributed by atoms with Crippen LogP contribution in [0.3, 0.4) is 0 Å². The van der Waals surface area contributed by atoms with Crippen molar-refractivity contribution < 1.29 is 8.78 Å². The van der Waals surface area contributed by atoms with Crippen LogP contribution >= 0.6 is 0 Å². The molecule has 0 aliphatic rings. The van der Waals surface area contributed by atoms with Crippen LogP contribution in [0.15, 0.2) is 12.1 Å². The lowest BCUT2D eigenvalue weighted by Gasteiger charge is -2.09. The van der Waals surface area contributed by atoms with Crippen LogP contribution in [0.4, 0.5) is 8.78 Å². The zero-order chi connectivity index (χ0) is 12.7. The molecule has 17 heavy (non-hydrogen) atoms. The van der Waals surface area contributed by atoms with Gasteiger partial charge in [0.15, 0.2) is 0 Å². The van der Waals surface area contributed by atoms with Crippen LogP contribution in [0.2, 0.25) is 0 Å². The maximum Gasteiger partial charge on any atom is 0.133 e. The number of nitrogens with one attached hydrogen (secondary N) is 2. The van der Waals surface area contributed by atoms with Gasteiger partial charge in [-0.25, -0.2) is 8.78 Å². The van der Waals surface area contributed by atoms with E-state index in [9.17, 15) is 8.78 Å². The number of halogens is 2. The van der Waals surface area contributed by atoms with Gasteiger partial charge < -0.3 is 10.6 Å². The molecule has 0 unspecified atom stereocenters. The molecule has 0 aliphatic carbocycles. The fourth-order valence-corrected chi connectivity index (χ4v) is 1.57. The van der Waals surface area contributed by atoms with Crippen LogP contribution in [-0.4, -0.2) is 19.6 Å². The Morgan fingerprint density at radius 3 is 2.47 bits per heavy atom. The Kier molecular flexibility index (Phi) is 6.08. The van der Waals surface area contributed by atoms with E-state index >= 15 is 0 Å². The summed E-state index contributed by atoms with van der Waals surface area (Å²) in [4.78, 5) is 0. The molecule has 0 fully saturated rings. The number of rotatable bonds is 7. The Bertz CT molecular complexity index is 354. The maximum absolute atomic E-state index is 13.6. The summed E-state index contributed by atoms with van der Waals surface area (Å²) in [6.45, 7) is 6.44. The zero-order valence-electron chi connectivity index (χ0n) is 10.4. The molecule has 0 saturated carbocycles. The molecule has 0 aliphatic heterocycles. The number of aryl methyl sites for hydroxylation is 1. The molecule has 0 heterocycles. The zero-order valence-corrected chi connectivity index (χ0v) is 10.4. The molecule has 0 bridgehead atoms. The van der Waals surface area contributed by atoms with E-state index in [0.717, 1.165) is 19.5 Å². The summed E-state index contributed by atoms with van der Waals surface area (Å²) in [5, 5.41) is 6.24. The van der Waals surface area contributed by atoms with Gasteiger partial charge in [-0.3, -0.25) is 0 Å². The van der Waals surface area contributed by atoms with E-state index in [1.807, 2.05) is 0 Å². The molecule has 0 amide bonds. The molecule has 1 aromatic rings. The summed E-state index contributed by atoms with van der Waals surface area (Å²) >= 11 is 0. The predicted molar refractivity (Wildman–Crippen MR) is 66.0 cm³/mol. The van der Waals surface area contributed by atoms with Crippen molar-refractivity contribution >= 4 is 0 Å². The Balaban J connectivity index is 2.39. The summed E-state index contributed by atoms with van der Waals surface area (Å²) in [7, 11) is 0. The van der Waals surface area contributed by atoms with E-state index in [1.165, 1.54) is 12.1 Å². The van der Waals surface area contributed by atoms with Crippen molar-refractivity contribution in [3.05, 3.63) is 34.9 Å². The largest absolute Gasteiger partial charge is 0.315 e. The van der Waals surface area contributed by atoms with Crippen LogP contribution < -0.4 is 10.6 Å². The van der Waals surface area contributed by atoms with E-state index in [0.29, 0.717) is 12.1 Å². The molecule has 0 atom stereocenters. The topological polar surface area (TPSA) is 24.1 Å². The van der Waals surface area contributed by atoms with Crippen molar-refractivity contribution in [1.82, 2.24) is 10.6 Å². The van der Waals surface area contributed by atoms with Gasteiger partial charge in [0.1, 0.15) is 11.6 Å². The van der Waals surface area contributed by atoms with E-state index in [2.05, 4.69) is 17.6 Å². The second-order valence-corrected chi connectivity index (χ2v) is 4.08. The molecular weight excluding hydrogens is 222 g/mol. The van der Waals surface area contributed by atoms with Gasteiger partial charge in [-0.2, -0.15) is 0 Å². The average Bonchev–Trinajstić information content (AvgIpc) is 2.32. The highest BCUT2D eigenvalue weighted by Crippen LogP contribution is 2.15. The molecular formula is C13H20F2N2. The molecule has 0 aromatic heterocycles. The van der Waals surface area contributed by atoms with Gasteiger partial charge in [0, 0.05) is 25.2 Å². The first-order valence-electron chi connectivity index (χ1n) is 6.01. The third kappa shape index (κ3) is 4.40. The van der Waals surface area contributed by atoms with Crippen LogP contribution in [0, 0.1) is 18.6 Å². The third-order valence-electron chi connectivity index (χ3n) is 2.59. The van der Waals surface area contributed by atoms with Crippen LogP contribution in [-0.2, 0) is 6.54 Å². The lowest BCUT2D eigenvalue weighted by molar-refractivity contribution is 0.525. The van der Waals surface area contributed by atoms with Crippen LogP contribution in [0.25, 0.3) is 0 Å². The quantitative estimate of drug-likeness (QED) is 0.717. The summed E-state index contributed by atoms with van der Waals surface area (Å²) in [6.07, 6.45) is 1.08. The summed E-state index contributed by atoms with van der Waals surface area (Å²) in [5.41, 5.74) is 0.604. The van der Waals surface area contributed by atoms with Crippen molar-refractivity contribution in [2.24, 2.45) is 0 Å². The molecule has 96 valence electrons. The first-order chi connectivity index (χ1) is 8.16. The number of hydrogen-bond acceptors (Lipinski definition) is 2. The third-order valence-corrected chi connectivity index (χ3v) is 2.59. The van der Waals surface area contributed by atoms with Crippen molar-refractivity contribution in [2.45, 2.75) is 26.8 Å². The average molecular weight is 242 g/mol. The smallest absolute Gasteiger partial charge is 0.133 e. The Labute approximate surface area is 101 Å². The van der Waals surface area contributed by atoms with Crippen molar-refractivity contribution in [1.29, 1.82) is 0 Å². The summed E-state index contributed by atoms with van der Waals surface area (Å²) in [6, 6.07) is 2.77. The molecule has 1 aromatic carbocycles. The maximum atomic E-state index is 13.6. The van der Waals surface area contributed by atoms with Gasteiger partial charge in [0.05, 0.1) is 0 Å². The molecule has 1 rings (SSSR count). The predicted octanol–water partition coefficient (Wildman–Crippen LogP) is 2.36. The van der Waals surface area contributed by atoms with Gasteiger partial charge in [-0.1, -0.05) is 13.0 Å². The minimum atomic E-state index is -0.484. The highest BCUT2D eigenvalue weighted by Gasteiger charge is 2.10. The van der Waals surface area contributed by atoms with E-state index < -0.39 is 11.6 Å². The first kappa shape index (κ1) is 14.1. The molecule has 2 N–H and O–H groups in total. The normalized spacial score (nSPS) is 10.8. The van der Waals surface area contributed by atoms with Crippen LogP contribution in [0.5, 0.6) is 0 Å². The minimum absolute atomic E-state index is 0.125. The van der Waals surface area contributed by atoms with Crippen molar-refractivity contribution in [3.63, 3.8) is 0 Å². The fourth-order valence-electron chi connectivity index (χ4n) is 1.57. The van der Waals surface area contributed by atoms with E-state index in [-0.39, 0.29) is 12.1 Å². The summed E-state index contributed by atoms with van der Waals surface area (Å²) in [5.74, 6) is -0.930. The van der Waals surface area contributed by atoms with Crippen molar-refractivity contribution in [3.8, 4) is 0 Å². The van der Waals surface area contributed by atoms with E-state index in [4.69, 9.17) is 0 Å². The SMILES string of the molecule is CCCNCCNCc1c(F)ccc(C)c1F. The minimum Gasteiger partial charge on any atom is -0.315 e. The van der Waals surface area contributed by atoms with Crippen LogP contribution in [0.1, 0.15) is 24.5 Å². The van der Waals surface area contributed by atoms with Gasteiger partial charge in [0.25, 0.3) is 0 Å². The standard InChI is InChI=1S/C13H20F2N2/c1-3-6-16-7-8-17-9-11-12(14)5-4-10(2)13(11)15/h4-5,16-17H,3,6-9H2,1-2H3. The highest BCUT2D eigenvalue weighted by molar-refractivity contribution is 5.26. The summed E-state index contributed by atoms with van der Waals surface area (Å²) < 4.78 is 27.0. The monoisotopic (exact) mass is 242 g/mol. The Morgan fingerprint density at radius 2 is 1.76 bits per heavy atom. The molecule has 4 heteroatoms. The van der Waals surface area contributed by atoms with Gasteiger partial charge in [-0.15, -0.1) is 0 Å². The Hall–Kier alpha value is -1.00. The number of benzene rings is 1. The van der Waals surface area contributed by atoms with Gasteiger partial charge in [0.2, 0.25) is 0 Å². The molecule has 2 nitrogen and oxygen atoms in total. The van der Waals surface area contributed by atoms with Crippen molar-refractivity contribution in [2.75, 3.05) is 19.6 Å². The highest BCUT2D eigenvalue weighted by atomic mass is 19.1. The second kappa shape index (κ2) is 7.35. The fraction of sp³-hybridized carbons (Fsp3) is 0.538. The molecule has 0 radical (unpaired) electrons. The van der Waals surface area contributed by atoms with Gasteiger partial charge in [-0.05, 0) is 31.5 Å². The molecule has 0 spiro atoms. The van der Waals surface area contributed by atoms with E-state index in [1.54, 1.807) is 6.92 Å². The molecule has 0 saturated heterocycles. The van der Waals surface area contributed by atoms with Gasteiger partial charge >= 0.3 is 0 Å². The Morgan fingerprint density at radius 1 is 1.06 bits per heavy atom. The second-order valence-electron chi connectivity index (χ2n) is 4.08. The lowest BCUT2D eigenvalue weighted by Crippen LogP contribution is -2.28. The lowest BCUT2D eigenvalue weighted by atomic mass is 10.1. The first-order valence-corrected chi connectivity index (χ1v) is 6.01. The number of hydrogen-bond donors (Lipinski definition) is 2.